The van der Waals surface area contributed by atoms with Gasteiger partial charge in [0.25, 0.3) is 5.91 Å². The number of primary amides is 1. The van der Waals surface area contributed by atoms with Crippen LogP contribution in [-0.2, 0) is 9.59 Å². The highest BCUT2D eigenvalue weighted by Gasteiger charge is 2.55. The number of guanidine groups is 1. The zero-order valence-corrected chi connectivity index (χ0v) is 16.5. The smallest absolute Gasteiger partial charge is 0.397 e. The van der Waals surface area contributed by atoms with E-state index in [1.807, 2.05) is 33.7 Å². The number of imide groups is 1. The number of nitrogens with two attached hydrogens (primary N) is 1. The molecule has 1 saturated heterocycles. The van der Waals surface area contributed by atoms with Gasteiger partial charge in [-0.15, -0.1) is 0 Å². The molecule has 10 heteroatoms. The van der Waals surface area contributed by atoms with Crippen LogP contribution in [0.1, 0.15) is 6.92 Å². The van der Waals surface area contributed by atoms with Gasteiger partial charge >= 0.3 is 12.0 Å². The van der Waals surface area contributed by atoms with Crippen LogP contribution in [-0.4, -0.2) is 83.8 Å². The summed E-state index contributed by atoms with van der Waals surface area (Å²) in [5.74, 6) is 0.745. The summed E-state index contributed by atoms with van der Waals surface area (Å²) >= 11 is 0. The Morgan fingerprint density at radius 2 is 2.00 bits per heavy atom. The van der Waals surface area contributed by atoms with Crippen molar-refractivity contribution in [3.8, 4) is 5.75 Å². The largest absolute Gasteiger partial charge is 0.497 e. The van der Waals surface area contributed by atoms with Crippen LogP contribution in [0.5, 0.6) is 5.75 Å². The van der Waals surface area contributed by atoms with Crippen LogP contribution in [0.3, 0.4) is 0 Å². The van der Waals surface area contributed by atoms with Crippen LogP contribution in [0.4, 0.5) is 10.5 Å². The predicted molar refractivity (Wildman–Crippen MR) is 105 cm³/mol. The summed E-state index contributed by atoms with van der Waals surface area (Å²) in [5.41, 5.74) is 6.15. The van der Waals surface area contributed by atoms with Gasteiger partial charge < -0.3 is 10.5 Å². The number of amidine groups is 1. The quantitative estimate of drug-likeness (QED) is 0.698. The van der Waals surface area contributed by atoms with Crippen molar-refractivity contribution in [2.45, 2.75) is 13.0 Å². The number of amides is 4. The summed E-state index contributed by atoms with van der Waals surface area (Å²) in [7, 11) is 3.16. The van der Waals surface area contributed by atoms with Gasteiger partial charge in [0, 0.05) is 13.0 Å². The van der Waals surface area contributed by atoms with Gasteiger partial charge in [-0.1, -0.05) is 11.9 Å². The van der Waals surface area contributed by atoms with Crippen molar-refractivity contribution in [1.29, 1.82) is 0 Å². The number of carbonyl (C=O) groups excluding carboxylic acids is 3. The van der Waals surface area contributed by atoms with Crippen molar-refractivity contribution in [2.75, 3.05) is 38.7 Å². The SMILES string of the molecule is COc1ccc(N2CC(C)C[N+]3=C2N=C2C3C(=O)N(CC(N)=O)C(=O)N2C)cc1. The second-order valence-electron chi connectivity index (χ2n) is 7.47. The number of likely N-dealkylation sites (N-methyl/N-ethyl adjacent to an activating group) is 1. The summed E-state index contributed by atoms with van der Waals surface area (Å²) in [6.45, 7) is 2.97. The third-order valence-corrected chi connectivity index (χ3v) is 5.33. The van der Waals surface area contributed by atoms with E-state index in [4.69, 9.17) is 10.5 Å². The number of urea groups is 1. The number of ether oxygens (including phenoxy) is 1. The number of fused-ring (bicyclic) bond motifs is 2. The van der Waals surface area contributed by atoms with E-state index in [2.05, 4.69) is 11.9 Å². The second kappa shape index (κ2) is 6.87. The monoisotopic (exact) mass is 399 g/mol. The summed E-state index contributed by atoms with van der Waals surface area (Å²) in [5, 5.41) is 0. The van der Waals surface area contributed by atoms with Crippen LogP contribution < -0.4 is 15.4 Å². The molecule has 4 amide bonds. The number of anilines is 1. The molecule has 3 aliphatic heterocycles. The molecule has 0 aliphatic carbocycles. The van der Waals surface area contributed by atoms with Crippen molar-refractivity contribution < 1.29 is 23.7 Å². The standard InChI is InChI=1S/C19H22N6O4/c1-11-8-23(12-4-6-13(29-3)7-5-12)18-21-16-15(24(18)9-11)17(27)25(10-14(20)26)19(28)22(16)2/h4-7,11,15H,8-10H2,1-3H3,(H-,20,26)/p+1. The maximum absolute atomic E-state index is 13.1. The molecule has 0 spiro atoms. The third kappa shape index (κ3) is 3.00. The lowest BCUT2D eigenvalue weighted by Gasteiger charge is -2.34. The lowest BCUT2D eigenvalue weighted by Crippen LogP contribution is -2.64. The molecule has 10 nitrogen and oxygen atoms in total. The van der Waals surface area contributed by atoms with Gasteiger partial charge in [0.05, 0.1) is 20.2 Å². The molecular weight excluding hydrogens is 376 g/mol. The lowest BCUT2D eigenvalue weighted by molar-refractivity contribution is -0.545. The van der Waals surface area contributed by atoms with Crippen LogP contribution in [0.2, 0.25) is 0 Å². The highest BCUT2D eigenvalue weighted by molar-refractivity contribution is 6.24. The molecule has 1 aromatic carbocycles. The highest BCUT2D eigenvalue weighted by Crippen LogP contribution is 2.28. The Balaban J connectivity index is 1.75. The molecular formula is C19H23N6O4+. The molecule has 0 aromatic heterocycles. The van der Waals surface area contributed by atoms with Crippen molar-refractivity contribution in [1.82, 2.24) is 9.80 Å². The fraction of sp³-hybridized carbons (Fsp3) is 0.421. The van der Waals surface area contributed by atoms with Gasteiger partial charge in [-0.2, -0.15) is 0 Å². The molecule has 0 saturated carbocycles. The molecule has 4 rings (SSSR count). The maximum atomic E-state index is 13.1. The van der Waals surface area contributed by atoms with Crippen LogP contribution in [0, 0.1) is 5.92 Å². The average molecular weight is 399 g/mol. The minimum absolute atomic E-state index is 0.246. The molecule has 3 aliphatic rings. The van der Waals surface area contributed by atoms with Crippen molar-refractivity contribution in [2.24, 2.45) is 16.6 Å². The molecule has 2 N–H and O–H groups in total. The Labute approximate surface area is 167 Å². The summed E-state index contributed by atoms with van der Waals surface area (Å²) in [6.07, 6.45) is 0. The van der Waals surface area contributed by atoms with E-state index in [1.165, 1.54) is 4.90 Å². The molecule has 2 atom stereocenters. The van der Waals surface area contributed by atoms with E-state index in [9.17, 15) is 14.4 Å². The number of benzene rings is 1. The molecule has 1 fully saturated rings. The van der Waals surface area contributed by atoms with E-state index in [0.29, 0.717) is 18.3 Å². The number of nitrogens with zero attached hydrogens (tertiary/aromatic N) is 5. The second-order valence-corrected chi connectivity index (χ2v) is 7.47. The Morgan fingerprint density at radius 3 is 2.62 bits per heavy atom. The van der Waals surface area contributed by atoms with Gasteiger partial charge in [0.1, 0.15) is 18.0 Å². The van der Waals surface area contributed by atoms with E-state index in [0.717, 1.165) is 22.9 Å². The van der Waals surface area contributed by atoms with Gasteiger partial charge in [0.2, 0.25) is 17.8 Å². The van der Waals surface area contributed by atoms with Gasteiger partial charge in [0.15, 0.2) is 0 Å². The van der Waals surface area contributed by atoms with Crippen molar-refractivity contribution in [3.63, 3.8) is 0 Å². The predicted octanol–water partition coefficient (Wildman–Crippen LogP) is -0.320. The van der Waals surface area contributed by atoms with E-state index in [1.54, 1.807) is 14.2 Å². The van der Waals surface area contributed by atoms with Gasteiger partial charge in [-0.3, -0.25) is 19.4 Å². The maximum Gasteiger partial charge on any atom is 0.397 e. The van der Waals surface area contributed by atoms with E-state index in [-0.39, 0.29) is 5.92 Å². The topological polar surface area (TPSA) is 112 Å². The molecule has 29 heavy (non-hydrogen) atoms. The first-order chi connectivity index (χ1) is 13.8. The fourth-order valence-electron chi connectivity index (χ4n) is 3.98. The van der Waals surface area contributed by atoms with Crippen LogP contribution >= 0.6 is 0 Å². The first-order valence-corrected chi connectivity index (χ1v) is 9.33. The van der Waals surface area contributed by atoms with Gasteiger partial charge in [-0.05, 0) is 24.3 Å². The molecule has 152 valence electrons. The summed E-state index contributed by atoms with van der Waals surface area (Å²) < 4.78 is 7.13. The molecule has 0 bridgehead atoms. The zero-order chi connectivity index (χ0) is 20.9. The van der Waals surface area contributed by atoms with Gasteiger partial charge in [-0.25, -0.2) is 14.3 Å². The molecule has 1 aromatic rings. The van der Waals surface area contributed by atoms with Crippen molar-refractivity contribution in [3.05, 3.63) is 24.3 Å². The first-order valence-electron chi connectivity index (χ1n) is 9.33. The Morgan fingerprint density at radius 1 is 1.31 bits per heavy atom. The fourth-order valence-corrected chi connectivity index (χ4v) is 3.98. The Hall–Kier alpha value is -3.43. The normalized spacial score (nSPS) is 23.8. The zero-order valence-electron chi connectivity index (χ0n) is 16.5. The summed E-state index contributed by atoms with van der Waals surface area (Å²) in [6, 6.07) is 6.23. The first kappa shape index (κ1) is 18.9. The molecule has 3 heterocycles. The number of carbonyl (C=O) groups is 3. The third-order valence-electron chi connectivity index (χ3n) is 5.33. The number of methoxy groups -OCH3 is 1. The Bertz CT molecular complexity index is 954. The molecule has 2 unspecified atom stereocenters. The molecule has 0 radical (unpaired) electrons. The lowest BCUT2D eigenvalue weighted by atomic mass is 10.1. The average Bonchev–Trinajstić information content (AvgIpc) is 3.08. The number of aliphatic imine (C=N–C) groups is 1. The van der Waals surface area contributed by atoms with Crippen molar-refractivity contribution >= 4 is 35.3 Å². The Kier molecular flexibility index (Phi) is 4.48. The van der Waals surface area contributed by atoms with E-state index < -0.39 is 30.4 Å². The summed E-state index contributed by atoms with van der Waals surface area (Å²) in [4.78, 5) is 46.0. The minimum Gasteiger partial charge on any atom is -0.497 e. The number of hydrogen-bond acceptors (Lipinski definition) is 6. The van der Waals surface area contributed by atoms with Crippen LogP contribution in [0.25, 0.3) is 0 Å². The highest BCUT2D eigenvalue weighted by atomic mass is 16.5. The number of hydrogen-bond donors (Lipinski definition) is 1. The van der Waals surface area contributed by atoms with Crippen LogP contribution in [0.15, 0.2) is 29.3 Å². The minimum atomic E-state index is -0.754. The number of rotatable bonds is 4. The van der Waals surface area contributed by atoms with E-state index >= 15 is 0 Å².